The molecule has 1 aromatic rings. The maximum Gasteiger partial charge on any atom is 0.236 e. The van der Waals surface area contributed by atoms with Crippen LogP contribution in [0.5, 0.6) is 5.75 Å². The van der Waals surface area contributed by atoms with Gasteiger partial charge in [0, 0.05) is 6.54 Å². The van der Waals surface area contributed by atoms with Crippen molar-refractivity contribution in [2.45, 2.75) is 32.4 Å². The molecule has 1 amide bonds. The molecule has 0 saturated carbocycles. The fourth-order valence-corrected chi connectivity index (χ4v) is 2.39. The number of halogens is 2. The summed E-state index contributed by atoms with van der Waals surface area (Å²) >= 11 is 0. The lowest BCUT2D eigenvalue weighted by Crippen LogP contribution is -2.44. The fourth-order valence-electron chi connectivity index (χ4n) is 2.39. The molecule has 0 saturated heterocycles. The summed E-state index contributed by atoms with van der Waals surface area (Å²) in [6.45, 7) is 4.64. The number of nitrogens with one attached hydrogen (secondary N) is 1. The first-order valence-electron chi connectivity index (χ1n) is 7.68. The van der Waals surface area contributed by atoms with Crippen LogP contribution in [0.2, 0.25) is 0 Å². The normalized spacial score (nSPS) is 12.8. The Morgan fingerprint density at radius 1 is 1.29 bits per heavy atom. The van der Waals surface area contributed by atoms with Gasteiger partial charge in [0.15, 0.2) is 0 Å². The number of benzene rings is 1. The molecule has 3 N–H and O–H groups in total. The van der Waals surface area contributed by atoms with Gasteiger partial charge in [0.05, 0.1) is 19.2 Å². The second-order valence-electron chi connectivity index (χ2n) is 6.24. The Morgan fingerprint density at radius 2 is 1.92 bits per heavy atom. The molecule has 2 atom stereocenters. The maximum absolute atomic E-state index is 12.1. The van der Waals surface area contributed by atoms with Crippen molar-refractivity contribution in [2.24, 2.45) is 11.7 Å². The average Bonchev–Trinajstić information content (AvgIpc) is 2.46. The van der Waals surface area contributed by atoms with E-state index in [1.165, 1.54) is 0 Å². The number of rotatable bonds is 8. The number of carbonyl (C=O) groups is 1. The highest BCUT2D eigenvalue weighted by atomic mass is 35.5. The number of amides is 1. The van der Waals surface area contributed by atoms with Crippen molar-refractivity contribution < 1.29 is 9.53 Å². The van der Waals surface area contributed by atoms with Crippen LogP contribution in [0.4, 0.5) is 0 Å². The molecule has 140 valence electrons. The molecule has 0 bridgehead atoms. The van der Waals surface area contributed by atoms with E-state index in [0.29, 0.717) is 18.9 Å². The molecule has 24 heavy (non-hydrogen) atoms. The van der Waals surface area contributed by atoms with Crippen LogP contribution in [0.3, 0.4) is 0 Å². The van der Waals surface area contributed by atoms with E-state index in [-0.39, 0.29) is 36.8 Å². The highest BCUT2D eigenvalue weighted by Gasteiger charge is 2.19. The van der Waals surface area contributed by atoms with Gasteiger partial charge < -0.3 is 20.7 Å². The predicted octanol–water partition coefficient (Wildman–Crippen LogP) is 2.63. The van der Waals surface area contributed by atoms with E-state index in [4.69, 9.17) is 10.5 Å². The van der Waals surface area contributed by atoms with E-state index in [1.54, 1.807) is 7.11 Å². The van der Waals surface area contributed by atoms with Gasteiger partial charge in [-0.25, -0.2) is 0 Å². The third-order valence-corrected chi connectivity index (χ3v) is 3.63. The van der Waals surface area contributed by atoms with Gasteiger partial charge in [0.25, 0.3) is 0 Å². The molecule has 0 aliphatic carbocycles. The van der Waals surface area contributed by atoms with Crippen LogP contribution in [-0.4, -0.2) is 44.6 Å². The Labute approximate surface area is 158 Å². The lowest BCUT2D eigenvalue weighted by atomic mass is 10.0. The molecule has 1 aromatic carbocycles. The van der Waals surface area contributed by atoms with Crippen molar-refractivity contribution in [3.05, 3.63) is 29.8 Å². The molecule has 0 aliphatic heterocycles. The lowest BCUT2D eigenvalue weighted by molar-refractivity contribution is -0.122. The summed E-state index contributed by atoms with van der Waals surface area (Å²) in [5, 5.41) is 2.96. The lowest BCUT2D eigenvalue weighted by Gasteiger charge is -2.26. The zero-order chi connectivity index (χ0) is 16.7. The Bertz CT molecular complexity index is 485. The number of hydrogen-bond donors (Lipinski definition) is 2. The van der Waals surface area contributed by atoms with Crippen LogP contribution in [0, 0.1) is 5.92 Å². The minimum atomic E-state index is -0.451. The molecule has 0 aliphatic rings. The van der Waals surface area contributed by atoms with Crippen LogP contribution in [0.25, 0.3) is 0 Å². The average molecular weight is 380 g/mol. The van der Waals surface area contributed by atoms with Gasteiger partial charge in [0.2, 0.25) is 5.91 Å². The van der Waals surface area contributed by atoms with Crippen LogP contribution in [-0.2, 0) is 4.79 Å². The molecule has 0 aromatic heterocycles. The summed E-state index contributed by atoms with van der Waals surface area (Å²) in [6.07, 6.45) is 0.692. The standard InChI is InChI=1S/C17H29N3O2.2ClH/c1-12(2)9-15(18)17(21)19-11-16(20(3)4)13-7-6-8-14(10-13)22-5;;/h6-8,10,12,15-16H,9,11,18H2,1-5H3,(H,19,21);2*1H/t15-,16?;;/m0../s1. The highest BCUT2D eigenvalue weighted by molar-refractivity contribution is 5.85. The summed E-state index contributed by atoms with van der Waals surface area (Å²) in [5.74, 6) is 1.12. The minimum absolute atomic E-state index is 0. The molecular formula is C17H31Cl2N3O2. The number of nitrogens with zero attached hydrogens (tertiary/aromatic N) is 1. The van der Waals surface area contributed by atoms with Gasteiger partial charge in [-0.05, 0) is 44.1 Å². The summed E-state index contributed by atoms with van der Waals surface area (Å²) in [4.78, 5) is 14.2. The van der Waals surface area contributed by atoms with E-state index in [0.717, 1.165) is 11.3 Å². The van der Waals surface area contributed by atoms with Crippen molar-refractivity contribution in [3.63, 3.8) is 0 Å². The van der Waals surface area contributed by atoms with Gasteiger partial charge in [-0.15, -0.1) is 24.8 Å². The van der Waals surface area contributed by atoms with Crippen molar-refractivity contribution in [1.29, 1.82) is 0 Å². The zero-order valence-corrected chi connectivity index (χ0v) is 16.7. The van der Waals surface area contributed by atoms with Crippen LogP contribution in [0.15, 0.2) is 24.3 Å². The van der Waals surface area contributed by atoms with Crippen LogP contribution in [0.1, 0.15) is 31.9 Å². The molecule has 0 fully saturated rings. The first-order chi connectivity index (χ1) is 10.3. The Morgan fingerprint density at radius 3 is 2.42 bits per heavy atom. The van der Waals surface area contributed by atoms with Crippen LogP contribution >= 0.6 is 24.8 Å². The Kier molecular flexibility index (Phi) is 13.0. The second-order valence-corrected chi connectivity index (χ2v) is 6.24. The van der Waals surface area contributed by atoms with E-state index >= 15 is 0 Å². The van der Waals surface area contributed by atoms with Crippen molar-refractivity contribution in [1.82, 2.24) is 10.2 Å². The van der Waals surface area contributed by atoms with Gasteiger partial charge in [0.1, 0.15) is 5.75 Å². The van der Waals surface area contributed by atoms with Gasteiger partial charge in [-0.3, -0.25) is 4.79 Å². The minimum Gasteiger partial charge on any atom is -0.497 e. The summed E-state index contributed by atoms with van der Waals surface area (Å²) in [6, 6.07) is 7.52. The molecule has 0 spiro atoms. The molecule has 0 radical (unpaired) electrons. The monoisotopic (exact) mass is 379 g/mol. The largest absolute Gasteiger partial charge is 0.497 e. The van der Waals surface area contributed by atoms with Crippen LogP contribution < -0.4 is 15.8 Å². The molecule has 1 rings (SSSR count). The second kappa shape index (κ2) is 12.4. The first kappa shape index (κ1) is 25.2. The number of carbonyl (C=O) groups excluding carboxylic acids is 1. The Hall–Kier alpha value is -1.01. The zero-order valence-electron chi connectivity index (χ0n) is 15.1. The number of methoxy groups -OCH3 is 1. The summed E-state index contributed by atoms with van der Waals surface area (Å²) < 4.78 is 5.27. The van der Waals surface area contributed by atoms with Crippen molar-refractivity contribution in [3.8, 4) is 5.75 Å². The summed E-state index contributed by atoms with van der Waals surface area (Å²) in [7, 11) is 5.63. The van der Waals surface area contributed by atoms with E-state index in [2.05, 4.69) is 24.1 Å². The third kappa shape index (κ3) is 8.20. The smallest absolute Gasteiger partial charge is 0.236 e. The Balaban J connectivity index is 0. The number of ether oxygens (including phenoxy) is 1. The molecule has 1 unspecified atom stereocenters. The summed E-state index contributed by atoms with van der Waals surface area (Å²) in [5.41, 5.74) is 7.02. The SMILES string of the molecule is COc1cccc(C(CNC(=O)[C@@H](N)CC(C)C)N(C)C)c1.Cl.Cl. The third-order valence-electron chi connectivity index (χ3n) is 3.63. The molecule has 0 heterocycles. The fraction of sp³-hybridized carbons (Fsp3) is 0.588. The number of nitrogens with two attached hydrogens (primary N) is 1. The maximum atomic E-state index is 12.1. The molecular weight excluding hydrogens is 349 g/mol. The van der Waals surface area contributed by atoms with Crippen molar-refractivity contribution >= 4 is 30.7 Å². The van der Waals surface area contributed by atoms with Gasteiger partial charge in [-0.2, -0.15) is 0 Å². The molecule has 5 nitrogen and oxygen atoms in total. The quantitative estimate of drug-likeness (QED) is 0.728. The van der Waals surface area contributed by atoms with E-state index in [1.807, 2.05) is 38.4 Å². The first-order valence-corrected chi connectivity index (χ1v) is 7.68. The predicted molar refractivity (Wildman–Crippen MR) is 104 cm³/mol. The van der Waals surface area contributed by atoms with Gasteiger partial charge >= 0.3 is 0 Å². The highest BCUT2D eigenvalue weighted by Crippen LogP contribution is 2.22. The van der Waals surface area contributed by atoms with Crippen molar-refractivity contribution in [2.75, 3.05) is 27.7 Å². The van der Waals surface area contributed by atoms with Gasteiger partial charge in [-0.1, -0.05) is 26.0 Å². The molecule has 7 heteroatoms. The number of likely N-dealkylation sites (N-methyl/N-ethyl adjacent to an activating group) is 1. The van der Waals surface area contributed by atoms with E-state index < -0.39 is 6.04 Å². The van der Waals surface area contributed by atoms with E-state index in [9.17, 15) is 4.79 Å². The number of hydrogen-bond acceptors (Lipinski definition) is 4. The topological polar surface area (TPSA) is 67.6 Å².